The van der Waals surface area contributed by atoms with E-state index in [9.17, 15) is 4.79 Å². The molecule has 0 spiro atoms. The van der Waals surface area contributed by atoms with Crippen LogP contribution in [0.5, 0.6) is 0 Å². The Kier molecular flexibility index (Phi) is 3.85. The van der Waals surface area contributed by atoms with Crippen LogP contribution in [0.1, 0.15) is 33.1 Å². The van der Waals surface area contributed by atoms with Gasteiger partial charge in [0.05, 0.1) is 0 Å². The Morgan fingerprint density at radius 2 is 2.00 bits per heavy atom. The fraction of sp³-hybridized carbons (Fsp3) is 0.923. The van der Waals surface area contributed by atoms with Crippen LogP contribution in [-0.4, -0.2) is 37.0 Å². The van der Waals surface area contributed by atoms with Crippen molar-refractivity contribution < 1.29 is 4.79 Å². The molecule has 0 aromatic carbocycles. The van der Waals surface area contributed by atoms with E-state index in [0.29, 0.717) is 5.91 Å². The summed E-state index contributed by atoms with van der Waals surface area (Å²) >= 11 is 0. The van der Waals surface area contributed by atoms with Crippen molar-refractivity contribution in [1.29, 1.82) is 0 Å². The monoisotopic (exact) mass is 224 g/mol. The first-order valence-corrected chi connectivity index (χ1v) is 6.72. The molecule has 1 saturated carbocycles. The van der Waals surface area contributed by atoms with Crippen LogP contribution in [0.3, 0.4) is 0 Å². The van der Waals surface area contributed by atoms with Gasteiger partial charge in [0.15, 0.2) is 0 Å². The van der Waals surface area contributed by atoms with E-state index in [-0.39, 0.29) is 5.92 Å². The lowest BCUT2D eigenvalue weighted by molar-refractivity contribution is -0.134. The summed E-state index contributed by atoms with van der Waals surface area (Å²) < 4.78 is 0. The van der Waals surface area contributed by atoms with E-state index >= 15 is 0 Å². The summed E-state index contributed by atoms with van der Waals surface area (Å²) in [5.41, 5.74) is 0. The van der Waals surface area contributed by atoms with Gasteiger partial charge in [0.1, 0.15) is 0 Å². The Hall–Kier alpha value is -0.570. The molecule has 1 saturated heterocycles. The van der Waals surface area contributed by atoms with Gasteiger partial charge in [-0.1, -0.05) is 20.3 Å². The molecule has 2 fully saturated rings. The summed E-state index contributed by atoms with van der Waals surface area (Å²) in [6, 6.07) is 0. The molecule has 16 heavy (non-hydrogen) atoms. The normalized spacial score (nSPS) is 30.5. The highest BCUT2D eigenvalue weighted by Crippen LogP contribution is 2.37. The summed E-state index contributed by atoms with van der Waals surface area (Å²) in [5.74, 6) is 2.12. The van der Waals surface area contributed by atoms with Gasteiger partial charge in [0, 0.05) is 25.6 Å². The highest BCUT2D eigenvalue weighted by Gasteiger charge is 2.38. The second-order valence-electron chi connectivity index (χ2n) is 5.40. The van der Waals surface area contributed by atoms with Crippen LogP contribution in [0.15, 0.2) is 0 Å². The van der Waals surface area contributed by atoms with Gasteiger partial charge in [-0.15, -0.1) is 0 Å². The van der Waals surface area contributed by atoms with E-state index in [1.54, 1.807) is 0 Å². The zero-order valence-corrected chi connectivity index (χ0v) is 10.5. The standard InChI is InChI=1S/C13H24N2O/c1-3-14-7-10(2)13(16)15-8-11-5-4-6-12(11)9-15/h10-12,14H,3-9H2,1-2H3. The molecule has 0 aromatic rings. The van der Waals surface area contributed by atoms with Gasteiger partial charge < -0.3 is 10.2 Å². The number of rotatable bonds is 4. The Morgan fingerprint density at radius 3 is 2.56 bits per heavy atom. The van der Waals surface area contributed by atoms with Crippen LogP contribution in [0, 0.1) is 17.8 Å². The molecule has 1 amide bonds. The summed E-state index contributed by atoms with van der Waals surface area (Å²) in [4.78, 5) is 14.3. The third kappa shape index (κ3) is 2.40. The smallest absolute Gasteiger partial charge is 0.226 e. The maximum atomic E-state index is 12.2. The molecule has 1 N–H and O–H groups in total. The maximum absolute atomic E-state index is 12.2. The van der Waals surface area contributed by atoms with E-state index in [1.807, 2.05) is 6.92 Å². The third-order valence-electron chi connectivity index (χ3n) is 4.16. The minimum Gasteiger partial charge on any atom is -0.342 e. The predicted octanol–water partition coefficient (Wildman–Crippen LogP) is 1.49. The molecule has 92 valence electrons. The van der Waals surface area contributed by atoms with E-state index in [2.05, 4.69) is 17.1 Å². The number of carbonyl (C=O) groups is 1. The Bertz CT molecular complexity index is 242. The topological polar surface area (TPSA) is 32.3 Å². The second-order valence-corrected chi connectivity index (χ2v) is 5.40. The van der Waals surface area contributed by atoms with Crippen molar-refractivity contribution in [2.75, 3.05) is 26.2 Å². The Morgan fingerprint density at radius 1 is 1.38 bits per heavy atom. The fourth-order valence-electron chi connectivity index (χ4n) is 3.17. The molecule has 1 aliphatic carbocycles. The van der Waals surface area contributed by atoms with Gasteiger partial charge in [0.2, 0.25) is 5.91 Å². The molecule has 0 radical (unpaired) electrons. The molecule has 3 unspecified atom stereocenters. The van der Waals surface area contributed by atoms with Crippen LogP contribution < -0.4 is 5.32 Å². The van der Waals surface area contributed by atoms with Crippen molar-refractivity contribution in [3.05, 3.63) is 0 Å². The number of hydrogen-bond donors (Lipinski definition) is 1. The van der Waals surface area contributed by atoms with Crippen LogP contribution in [0.4, 0.5) is 0 Å². The largest absolute Gasteiger partial charge is 0.342 e. The number of fused-ring (bicyclic) bond motifs is 1. The zero-order chi connectivity index (χ0) is 11.5. The average Bonchev–Trinajstić information content (AvgIpc) is 2.84. The lowest BCUT2D eigenvalue weighted by atomic mass is 10.0. The molecule has 1 aliphatic heterocycles. The third-order valence-corrected chi connectivity index (χ3v) is 4.16. The van der Waals surface area contributed by atoms with Gasteiger partial charge in [0.25, 0.3) is 0 Å². The van der Waals surface area contributed by atoms with Crippen molar-refractivity contribution in [2.24, 2.45) is 17.8 Å². The molecule has 2 rings (SSSR count). The summed E-state index contributed by atoms with van der Waals surface area (Å²) in [6.07, 6.45) is 4.07. The Balaban J connectivity index is 1.82. The van der Waals surface area contributed by atoms with Gasteiger partial charge in [-0.3, -0.25) is 4.79 Å². The predicted molar refractivity (Wildman–Crippen MR) is 65.1 cm³/mol. The van der Waals surface area contributed by atoms with Crippen molar-refractivity contribution in [1.82, 2.24) is 10.2 Å². The lowest BCUT2D eigenvalue weighted by Crippen LogP contribution is -2.38. The van der Waals surface area contributed by atoms with E-state index in [1.165, 1.54) is 19.3 Å². The number of likely N-dealkylation sites (tertiary alicyclic amines) is 1. The van der Waals surface area contributed by atoms with Crippen LogP contribution in [-0.2, 0) is 4.79 Å². The molecule has 0 bridgehead atoms. The van der Waals surface area contributed by atoms with Crippen molar-refractivity contribution in [3.63, 3.8) is 0 Å². The first kappa shape index (κ1) is 11.9. The molecule has 3 heteroatoms. The molecule has 3 atom stereocenters. The minimum absolute atomic E-state index is 0.138. The van der Waals surface area contributed by atoms with E-state index < -0.39 is 0 Å². The van der Waals surface area contributed by atoms with Crippen molar-refractivity contribution >= 4 is 5.91 Å². The second kappa shape index (κ2) is 5.17. The van der Waals surface area contributed by atoms with Gasteiger partial charge in [-0.2, -0.15) is 0 Å². The summed E-state index contributed by atoms with van der Waals surface area (Å²) in [6.45, 7) is 7.94. The molecule has 0 aromatic heterocycles. The van der Waals surface area contributed by atoms with Gasteiger partial charge in [-0.05, 0) is 31.2 Å². The summed E-state index contributed by atoms with van der Waals surface area (Å²) in [5, 5.41) is 3.26. The number of nitrogens with one attached hydrogen (secondary N) is 1. The zero-order valence-electron chi connectivity index (χ0n) is 10.5. The van der Waals surface area contributed by atoms with E-state index in [0.717, 1.165) is 38.0 Å². The van der Waals surface area contributed by atoms with Crippen LogP contribution in [0.25, 0.3) is 0 Å². The first-order valence-electron chi connectivity index (χ1n) is 6.72. The summed E-state index contributed by atoms with van der Waals surface area (Å²) in [7, 11) is 0. The first-order chi connectivity index (χ1) is 7.72. The van der Waals surface area contributed by atoms with Gasteiger partial charge >= 0.3 is 0 Å². The fourth-order valence-corrected chi connectivity index (χ4v) is 3.17. The van der Waals surface area contributed by atoms with E-state index in [4.69, 9.17) is 0 Å². The van der Waals surface area contributed by atoms with Crippen molar-refractivity contribution in [3.8, 4) is 0 Å². The molecule has 3 nitrogen and oxygen atoms in total. The highest BCUT2D eigenvalue weighted by atomic mass is 16.2. The molecule has 2 aliphatic rings. The lowest BCUT2D eigenvalue weighted by Gasteiger charge is -2.21. The number of carbonyl (C=O) groups excluding carboxylic acids is 1. The van der Waals surface area contributed by atoms with Crippen LogP contribution in [0.2, 0.25) is 0 Å². The van der Waals surface area contributed by atoms with Gasteiger partial charge in [-0.25, -0.2) is 0 Å². The molecular formula is C13H24N2O. The average molecular weight is 224 g/mol. The molecular weight excluding hydrogens is 200 g/mol. The maximum Gasteiger partial charge on any atom is 0.226 e. The van der Waals surface area contributed by atoms with Crippen molar-refractivity contribution in [2.45, 2.75) is 33.1 Å². The minimum atomic E-state index is 0.138. The quantitative estimate of drug-likeness (QED) is 0.784. The highest BCUT2D eigenvalue weighted by molar-refractivity contribution is 5.79. The number of amides is 1. The number of nitrogens with zero attached hydrogens (tertiary/aromatic N) is 1. The SMILES string of the molecule is CCNCC(C)C(=O)N1CC2CCCC2C1. The molecule has 1 heterocycles. The number of hydrogen-bond acceptors (Lipinski definition) is 2. The van der Waals surface area contributed by atoms with Crippen LogP contribution >= 0.6 is 0 Å². The Labute approximate surface area is 98.6 Å².